The number of carbonyl (C=O) groups excluding carboxylic acids is 1. The lowest BCUT2D eigenvalue weighted by Gasteiger charge is -2.14. The van der Waals surface area contributed by atoms with E-state index >= 15 is 0 Å². The third-order valence-electron chi connectivity index (χ3n) is 4.12. The van der Waals surface area contributed by atoms with Crippen molar-refractivity contribution in [3.8, 4) is 11.5 Å². The van der Waals surface area contributed by atoms with Crippen LogP contribution in [0.25, 0.3) is 0 Å². The fourth-order valence-corrected chi connectivity index (χ4v) is 2.79. The largest absolute Gasteiger partial charge is 0.493 e. The first kappa shape index (κ1) is 16.4. The van der Waals surface area contributed by atoms with E-state index in [0.29, 0.717) is 31.1 Å². The van der Waals surface area contributed by atoms with Crippen molar-refractivity contribution in [2.75, 3.05) is 19.8 Å². The minimum absolute atomic E-state index is 0.0885. The van der Waals surface area contributed by atoms with Gasteiger partial charge >= 0.3 is 0 Å². The molecule has 0 aliphatic carbocycles. The van der Waals surface area contributed by atoms with Crippen molar-refractivity contribution in [3.63, 3.8) is 0 Å². The maximum Gasteiger partial charge on any atom is 0.255 e. The number of hydrogen-bond donors (Lipinski definition) is 1. The number of aryl methyl sites for hydroxylation is 1. The summed E-state index contributed by atoms with van der Waals surface area (Å²) in [5.74, 6) is 1.48. The number of amides is 1. The van der Waals surface area contributed by atoms with Crippen molar-refractivity contribution in [3.05, 3.63) is 59.2 Å². The van der Waals surface area contributed by atoms with E-state index in [9.17, 15) is 4.79 Å². The molecule has 2 heterocycles. The summed E-state index contributed by atoms with van der Waals surface area (Å²) in [5.41, 5.74) is 2.91. The summed E-state index contributed by atoms with van der Waals surface area (Å²) in [6.07, 6.45) is 2.58. The Balaban J connectivity index is 1.77. The van der Waals surface area contributed by atoms with Crippen LogP contribution in [0.15, 0.2) is 42.5 Å². The number of para-hydroxylation sites is 1. The van der Waals surface area contributed by atoms with Gasteiger partial charge in [-0.25, -0.2) is 0 Å². The van der Waals surface area contributed by atoms with Gasteiger partial charge in [-0.3, -0.25) is 4.79 Å². The molecule has 0 spiro atoms. The predicted molar refractivity (Wildman–Crippen MR) is 93.9 cm³/mol. The Bertz CT molecular complexity index is 712. The van der Waals surface area contributed by atoms with Crippen molar-refractivity contribution >= 4 is 5.91 Å². The zero-order valence-corrected chi connectivity index (χ0v) is 14.0. The second-order valence-corrected chi connectivity index (χ2v) is 6.01. The molecule has 4 nitrogen and oxygen atoms in total. The van der Waals surface area contributed by atoms with E-state index in [1.165, 1.54) is 5.56 Å². The van der Waals surface area contributed by atoms with Crippen molar-refractivity contribution in [1.29, 1.82) is 0 Å². The lowest BCUT2D eigenvalue weighted by molar-refractivity contribution is 0.0950. The fraction of sp³-hybridized carbons (Fsp3) is 0.350. The number of nitrogens with one attached hydrogen (secondary N) is 1. The zero-order chi connectivity index (χ0) is 16.8. The van der Waals surface area contributed by atoms with Gasteiger partial charge in [0.2, 0.25) is 0 Å². The third kappa shape index (κ3) is 4.07. The van der Waals surface area contributed by atoms with Gasteiger partial charge in [0.25, 0.3) is 5.91 Å². The molecule has 0 atom stereocenters. The van der Waals surface area contributed by atoms with Crippen molar-refractivity contribution in [1.82, 2.24) is 5.32 Å². The third-order valence-corrected chi connectivity index (χ3v) is 4.12. The number of fused-ring (bicyclic) bond motifs is 10. The molecule has 126 valence electrons. The first-order valence-corrected chi connectivity index (χ1v) is 8.46. The van der Waals surface area contributed by atoms with Crippen molar-refractivity contribution in [2.45, 2.75) is 26.2 Å². The normalized spacial score (nSPS) is 15.8. The molecule has 0 saturated carbocycles. The highest BCUT2D eigenvalue weighted by Crippen LogP contribution is 2.21. The van der Waals surface area contributed by atoms with Crippen LogP contribution in [0.1, 0.15) is 34.3 Å². The standard InChI is InChI=1S/C20H23NO3/c1-15-14-16-8-9-18(15)23-12-4-5-13-24-19-7-3-2-6-17(19)20(22)21-11-10-16/h2-3,6-9,14H,4-5,10-13H2,1H3,(H,21,22). The van der Waals surface area contributed by atoms with Crippen LogP contribution in [0.3, 0.4) is 0 Å². The smallest absolute Gasteiger partial charge is 0.255 e. The molecule has 0 fully saturated rings. The van der Waals surface area contributed by atoms with E-state index in [-0.39, 0.29) is 5.91 Å². The van der Waals surface area contributed by atoms with Gasteiger partial charge in [-0.1, -0.05) is 24.3 Å². The highest BCUT2D eigenvalue weighted by Gasteiger charge is 2.12. The molecule has 0 radical (unpaired) electrons. The highest BCUT2D eigenvalue weighted by atomic mass is 16.5. The van der Waals surface area contributed by atoms with Gasteiger partial charge in [0, 0.05) is 6.54 Å². The number of carbonyl (C=O) groups is 1. The van der Waals surface area contributed by atoms with E-state index in [4.69, 9.17) is 9.47 Å². The van der Waals surface area contributed by atoms with Crippen molar-refractivity contribution < 1.29 is 14.3 Å². The topological polar surface area (TPSA) is 47.6 Å². The second-order valence-electron chi connectivity index (χ2n) is 6.01. The molecule has 2 aromatic carbocycles. The molecular formula is C20H23NO3. The number of benzene rings is 2. The maximum absolute atomic E-state index is 12.4. The molecule has 1 N–H and O–H groups in total. The maximum atomic E-state index is 12.4. The van der Waals surface area contributed by atoms with E-state index in [0.717, 1.165) is 30.6 Å². The summed E-state index contributed by atoms with van der Waals surface area (Å²) in [6.45, 7) is 3.89. The summed E-state index contributed by atoms with van der Waals surface area (Å²) >= 11 is 0. The Morgan fingerprint density at radius 1 is 0.958 bits per heavy atom. The molecule has 4 heteroatoms. The average molecular weight is 325 g/mol. The first-order valence-electron chi connectivity index (χ1n) is 8.46. The van der Waals surface area contributed by atoms with E-state index < -0.39 is 0 Å². The Morgan fingerprint density at radius 2 is 1.71 bits per heavy atom. The van der Waals surface area contributed by atoms with Crippen LogP contribution in [-0.2, 0) is 6.42 Å². The molecule has 2 bridgehead atoms. The summed E-state index contributed by atoms with van der Waals surface area (Å²) in [4.78, 5) is 12.4. The Kier molecular flexibility index (Phi) is 5.36. The summed E-state index contributed by atoms with van der Waals surface area (Å²) in [5, 5.41) is 2.98. The van der Waals surface area contributed by atoms with Gasteiger partial charge in [0.05, 0.1) is 18.8 Å². The Hall–Kier alpha value is -2.49. The van der Waals surface area contributed by atoms with Crippen LogP contribution in [0.2, 0.25) is 0 Å². The minimum Gasteiger partial charge on any atom is -0.493 e. The van der Waals surface area contributed by atoms with Crippen LogP contribution in [-0.4, -0.2) is 25.7 Å². The molecule has 0 aromatic heterocycles. The van der Waals surface area contributed by atoms with Crippen LogP contribution in [0, 0.1) is 6.92 Å². The number of rotatable bonds is 0. The number of hydrogen-bond acceptors (Lipinski definition) is 3. The van der Waals surface area contributed by atoms with Gasteiger partial charge in [-0.15, -0.1) is 0 Å². The monoisotopic (exact) mass is 325 g/mol. The molecule has 2 aliphatic heterocycles. The Morgan fingerprint density at radius 3 is 2.50 bits per heavy atom. The molecule has 24 heavy (non-hydrogen) atoms. The molecule has 2 aliphatic rings. The first-order chi connectivity index (χ1) is 11.7. The van der Waals surface area contributed by atoms with Gasteiger partial charge in [-0.2, -0.15) is 0 Å². The molecule has 0 unspecified atom stereocenters. The van der Waals surface area contributed by atoms with E-state index in [2.05, 4.69) is 24.4 Å². The quantitative estimate of drug-likeness (QED) is 0.806. The molecule has 0 saturated heterocycles. The molecule has 2 aromatic rings. The SMILES string of the molecule is Cc1cc2ccc1OCCCCOc1ccccc1C(=O)NCC2. The lowest BCUT2D eigenvalue weighted by Crippen LogP contribution is -2.26. The Labute approximate surface area is 142 Å². The summed E-state index contributed by atoms with van der Waals surface area (Å²) in [7, 11) is 0. The molecule has 1 amide bonds. The fourth-order valence-electron chi connectivity index (χ4n) is 2.79. The van der Waals surface area contributed by atoms with Crippen molar-refractivity contribution in [2.24, 2.45) is 0 Å². The summed E-state index contributed by atoms with van der Waals surface area (Å²) < 4.78 is 11.6. The van der Waals surface area contributed by atoms with Crippen LogP contribution < -0.4 is 14.8 Å². The molecular weight excluding hydrogens is 302 g/mol. The molecule has 4 rings (SSSR count). The van der Waals surface area contributed by atoms with E-state index in [1.54, 1.807) is 6.07 Å². The second kappa shape index (κ2) is 7.86. The highest BCUT2D eigenvalue weighted by molar-refractivity contribution is 5.96. The van der Waals surface area contributed by atoms with Crippen LogP contribution in [0.4, 0.5) is 0 Å². The average Bonchev–Trinajstić information content (AvgIpc) is 2.59. The van der Waals surface area contributed by atoms with Crippen LogP contribution >= 0.6 is 0 Å². The van der Waals surface area contributed by atoms with Crippen LogP contribution in [0.5, 0.6) is 11.5 Å². The van der Waals surface area contributed by atoms with Gasteiger partial charge in [-0.05, 0) is 55.5 Å². The van der Waals surface area contributed by atoms with Gasteiger partial charge in [0.1, 0.15) is 11.5 Å². The van der Waals surface area contributed by atoms with E-state index in [1.807, 2.05) is 24.3 Å². The zero-order valence-electron chi connectivity index (χ0n) is 14.0. The van der Waals surface area contributed by atoms with Gasteiger partial charge in [0.15, 0.2) is 0 Å². The minimum atomic E-state index is -0.0885. The lowest BCUT2D eigenvalue weighted by atomic mass is 10.1. The summed E-state index contributed by atoms with van der Waals surface area (Å²) in [6, 6.07) is 13.6. The number of ether oxygens (including phenoxy) is 2. The van der Waals surface area contributed by atoms with Gasteiger partial charge < -0.3 is 14.8 Å². The predicted octanol–water partition coefficient (Wildman–Crippen LogP) is 3.52.